The zero-order chi connectivity index (χ0) is 14.3. The van der Waals surface area contributed by atoms with Crippen LogP contribution in [0, 0.1) is 5.92 Å². The van der Waals surface area contributed by atoms with E-state index >= 15 is 0 Å². The molecule has 108 valence electrons. The van der Waals surface area contributed by atoms with Crippen LogP contribution >= 0.6 is 0 Å². The number of hydrogen-bond donors (Lipinski definition) is 2. The van der Waals surface area contributed by atoms with Crippen molar-refractivity contribution in [1.82, 2.24) is 15.0 Å². The van der Waals surface area contributed by atoms with Gasteiger partial charge in [0.15, 0.2) is 0 Å². The molecule has 0 atom stereocenters. The number of nitrogens with two attached hydrogens (primary N) is 1. The molecule has 19 heavy (non-hydrogen) atoms. The van der Waals surface area contributed by atoms with E-state index in [1.165, 1.54) is 0 Å². The van der Waals surface area contributed by atoms with Gasteiger partial charge in [0.05, 0.1) is 0 Å². The Bertz CT molecular complexity index is 373. The SMILES string of the molecule is CCC(CC)CNc1nc(N)nc(N(CC)CC)n1. The predicted molar refractivity (Wildman–Crippen MR) is 80.4 cm³/mol. The van der Waals surface area contributed by atoms with Crippen LogP contribution in [0.1, 0.15) is 40.5 Å². The van der Waals surface area contributed by atoms with Crippen molar-refractivity contribution >= 4 is 17.8 Å². The van der Waals surface area contributed by atoms with Crippen molar-refractivity contribution in [1.29, 1.82) is 0 Å². The van der Waals surface area contributed by atoms with Crippen molar-refractivity contribution < 1.29 is 0 Å². The number of rotatable bonds is 8. The van der Waals surface area contributed by atoms with E-state index in [0.717, 1.165) is 32.5 Å². The van der Waals surface area contributed by atoms with E-state index in [0.29, 0.717) is 17.8 Å². The molecule has 6 nitrogen and oxygen atoms in total. The summed E-state index contributed by atoms with van der Waals surface area (Å²) in [6.07, 6.45) is 2.29. The van der Waals surface area contributed by atoms with Gasteiger partial charge in [-0.3, -0.25) is 0 Å². The summed E-state index contributed by atoms with van der Waals surface area (Å²) in [6.45, 7) is 11.1. The fourth-order valence-corrected chi connectivity index (χ4v) is 1.92. The molecule has 0 aliphatic carbocycles. The molecule has 0 radical (unpaired) electrons. The van der Waals surface area contributed by atoms with E-state index < -0.39 is 0 Å². The Morgan fingerprint density at radius 3 is 2.21 bits per heavy atom. The van der Waals surface area contributed by atoms with Gasteiger partial charge in [-0.2, -0.15) is 15.0 Å². The standard InChI is InChI=1S/C13H26N6/c1-5-10(6-2)9-15-12-16-11(14)17-13(18-12)19(7-3)8-4/h10H,5-9H2,1-4H3,(H3,14,15,16,17,18). The molecule has 3 N–H and O–H groups in total. The highest BCUT2D eigenvalue weighted by Crippen LogP contribution is 2.13. The lowest BCUT2D eigenvalue weighted by Gasteiger charge is -2.19. The lowest BCUT2D eigenvalue weighted by Crippen LogP contribution is -2.25. The minimum Gasteiger partial charge on any atom is -0.368 e. The summed E-state index contributed by atoms with van der Waals surface area (Å²) in [4.78, 5) is 14.8. The van der Waals surface area contributed by atoms with Crippen LogP contribution in [-0.2, 0) is 0 Å². The zero-order valence-corrected chi connectivity index (χ0v) is 12.5. The average molecular weight is 266 g/mol. The molecular formula is C13H26N6. The Morgan fingerprint density at radius 1 is 1.05 bits per heavy atom. The van der Waals surface area contributed by atoms with E-state index in [4.69, 9.17) is 5.73 Å². The summed E-state index contributed by atoms with van der Waals surface area (Å²) in [5, 5.41) is 3.26. The third-order valence-electron chi connectivity index (χ3n) is 3.39. The van der Waals surface area contributed by atoms with Crippen molar-refractivity contribution in [3.8, 4) is 0 Å². The van der Waals surface area contributed by atoms with E-state index in [9.17, 15) is 0 Å². The largest absolute Gasteiger partial charge is 0.368 e. The van der Waals surface area contributed by atoms with Gasteiger partial charge in [-0.05, 0) is 19.8 Å². The van der Waals surface area contributed by atoms with Crippen molar-refractivity contribution in [2.45, 2.75) is 40.5 Å². The van der Waals surface area contributed by atoms with Gasteiger partial charge in [-0.15, -0.1) is 0 Å². The quantitative estimate of drug-likeness (QED) is 0.750. The summed E-state index contributed by atoms with van der Waals surface area (Å²) in [7, 11) is 0. The smallest absolute Gasteiger partial charge is 0.231 e. The summed E-state index contributed by atoms with van der Waals surface area (Å²) in [5.41, 5.74) is 5.75. The van der Waals surface area contributed by atoms with Gasteiger partial charge >= 0.3 is 0 Å². The maximum atomic E-state index is 5.75. The minimum absolute atomic E-state index is 0.268. The molecule has 1 aromatic heterocycles. The second-order valence-electron chi connectivity index (χ2n) is 4.55. The lowest BCUT2D eigenvalue weighted by molar-refractivity contribution is 0.517. The summed E-state index contributed by atoms with van der Waals surface area (Å²) in [5.74, 6) is 2.12. The second-order valence-corrected chi connectivity index (χ2v) is 4.55. The summed E-state index contributed by atoms with van der Waals surface area (Å²) < 4.78 is 0. The van der Waals surface area contributed by atoms with Gasteiger partial charge < -0.3 is 16.0 Å². The Hall–Kier alpha value is -1.59. The number of anilines is 3. The van der Waals surface area contributed by atoms with Crippen LogP contribution in [0.25, 0.3) is 0 Å². The molecule has 0 unspecified atom stereocenters. The maximum Gasteiger partial charge on any atom is 0.231 e. The predicted octanol–water partition coefficient (Wildman–Crippen LogP) is 2.15. The highest BCUT2D eigenvalue weighted by Gasteiger charge is 2.10. The number of nitrogen functional groups attached to an aromatic ring is 1. The topological polar surface area (TPSA) is 80.0 Å². The van der Waals surface area contributed by atoms with Gasteiger partial charge in [0.1, 0.15) is 0 Å². The van der Waals surface area contributed by atoms with Crippen LogP contribution < -0.4 is 16.0 Å². The van der Waals surface area contributed by atoms with Crippen LogP contribution in [-0.4, -0.2) is 34.6 Å². The first-order valence-corrected chi connectivity index (χ1v) is 7.14. The van der Waals surface area contributed by atoms with Gasteiger partial charge in [0, 0.05) is 19.6 Å². The summed E-state index contributed by atoms with van der Waals surface area (Å²) in [6, 6.07) is 0. The van der Waals surface area contributed by atoms with Crippen LogP contribution in [0.4, 0.5) is 17.8 Å². The molecule has 0 saturated heterocycles. The normalized spacial score (nSPS) is 10.8. The van der Waals surface area contributed by atoms with E-state index in [-0.39, 0.29) is 5.95 Å². The van der Waals surface area contributed by atoms with Gasteiger partial charge in [-0.25, -0.2) is 0 Å². The maximum absolute atomic E-state index is 5.75. The van der Waals surface area contributed by atoms with Crippen LogP contribution in [0.3, 0.4) is 0 Å². The molecule has 0 aliphatic rings. The second kappa shape index (κ2) is 7.76. The van der Waals surface area contributed by atoms with E-state index in [1.54, 1.807) is 0 Å². The van der Waals surface area contributed by atoms with Crippen molar-refractivity contribution in [2.75, 3.05) is 35.6 Å². The van der Waals surface area contributed by atoms with Crippen molar-refractivity contribution in [3.63, 3.8) is 0 Å². The van der Waals surface area contributed by atoms with Crippen LogP contribution in [0.2, 0.25) is 0 Å². The molecular weight excluding hydrogens is 240 g/mol. The number of nitrogens with zero attached hydrogens (tertiary/aromatic N) is 4. The molecule has 0 saturated carbocycles. The number of hydrogen-bond acceptors (Lipinski definition) is 6. The number of aromatic nitrogens is 3. The van der Waals surface area contributed by atoms with E-state index in [1.807, 2.05) is 0 Å². The summed E-state index contributed by atoms with van der Waals surface area (Å²) >= 11 is 0. The van der Waals surface area contributed by atoms with Crippen molar-refractivity contribution in [2.24, 2.45) is 5.92 Å². The Labute approximate surface area is 115 Å². The third-order valence-corrected chi connectivity index (χ3v) is 3.39. The molecule has 6 heteroatoms. The number of nitrogens with one attached hydrogen (secondary N) is 1. The van der Waals surface area contributed by atoms with Gasteiger partial charge in [0.2, 0.25) is 17.8 Å². The Kier molecular flexibility index (Phi) is 6.32. The Morgan fingerprint density at radius 2 is 1.68 bits per heavy atom. The molecule has 1 rings (SSSR count). The minimum atomic E-state index is 0.268. The molecule has 1 heterocycles. The monoisotopic (exact) mass is 266 g/mol. The van der Waals surface area contributed by atoms with Crippen LogP contribution in [0.15, 0.2) is 0 Å². The Balaban J connectivity index is 2.78. The fraction of sp³-hybridized carbons (Fsp3) is 0.769. The molecule has 0 aromatic carbocycles. The molecule has 1 aromatic rings. The highest BCUT2D eigenvalue weighted by molar-refractivity contribution is 5.41. The molecule has 0 aliphatic heterocycles. The fourth-order valence-electron chi connectivity index (χ4n) is 1.92. The first kappa shape index (κ1) is 15.5. The first-order chi connectivity index (χ1) is 9.14. The first-order valence-electron chi connectivity index (χ1n) is 7.14. The van der Waals surface area contributed by atoms with Gasteiger partial charge in [0.25, 0.3) is 0 Å². The third kappa shape index (κ3) is 4.54. The molecule has 0 amide bonds. The molecule has 0 spiro atoms. The zero-order valence-electron chi connectivity index (χ0n) is 12.5. The van der Waals surface area contributed by atoms with Crippen molar-refractivity contribution in [3.05, 3.63) is 0 Å². The van der Waals surface area contributed by atoms with Crippen LogP contribution in [0.5, 0.6) is 0 Å². The van der Waals surface area contributed by atoms with Gasteiger partial charge in [-0.1, -0.05) is 26.7 Å². The molecule has 0 fully saturated rings. The lowest BCUT2D eigenvalue weighted by atomic mass is 10.0. The van der Waals surface area contributed by atoms with E-state index in [2.05, 4.69) is 52.9 Å². The molecule has 0 bridgehead atoms. The average Bonchev–Trinajstić information content (AvgIpc) is 2.41. The highest BCUT2D eigenvalue weighted by atomic mass is 15.3.